The van der Waals surface area contributed by atoms with Crippen LogP contribution < -0.4 is 10.6 Å². The van der Waals surface area contributed by atoms with Gasteiger partial charge in [-0.3, -0.25) is 4.90 Å². The Kier molecular flexibility index (Phi) is 3.52. The highest BCUT2D eigenvalue weighted by Gasteiger charge is 2.18. The largest absolute Gasteiger partial charge is 0.369 e. The van der Waals surface area contributed by atoms with Crippen molar-refractivity contribution in [3.8, 4) is 0 Å². The Morgan fingerprint density at radius 2 is 1.78 bits per heavy atom. The summed E-state index contributed by atoms with van der Waals surface area (Å²) in [6, 6.07) is 7.06. The van der Waals surface area contributed by atoms with E-state index in [0.717, 1.165) is 39.3 Å². The summed E-state index contributed by atoms with van der Waals surface area (Å²) < 4.78 is 0. The maximum atomic E-state index is 5.61. The van der Waals surface area contributed by atoms with E-state index in [2.05, 4.69) is 28.0 Å². The van der Waals surface area contributed by atoms with E-state index in [-0.39, 0.29) is 0 Å². The number of nitrogens with two attached hydrogens (primary N) is 1. The van der Waals surface area contributed by atoms with Crippen LogP contribution in [0, 0.1) is 0 Å². The Bertz CT molecular complexity index is 408. The zero-order valence-corrected chi connectivity index (χ0v) is 11.1. The fraction of sp³-hybridized carbons (Fsp3) is 0.600. The number of piperazine rings is 1. The molecule has 0 bridgehead atoms. The number of benzene rings is 1. The van der Waals surface area contributed by atoms with Crippen LogP contribution in [-0.2, 0) is 12.8 Å². The van der Waals surface area contributed by atoms with Crippen molar-refractivity contribution in [2.75, 3.05) is 44.2 Å². The standard InChI is InChI=1S/C15H23N3/c16-6-7-17-8-10-18(11-9-17)15-5-4-13-2-1-3-14(13)12-15/h4-5,12H,1-3,6-11,16H2. The lowest BCUT2D eigenvalue weighted by Crippen LogP contribution is -2.47. The minimum absolute atomic E-state index is 0.777. The second kappa shape index (κ2) is 5.29. The molecule has 18 heavy (non-hydrogen) atoms. The van der Waals surface area contributed by atoms with E-state index in [9.17, 15) is 0 Å². The molecule has 0 spiro atoms. The maximum absolute atomic E-state index is 5.61. The lowest BCUT2D eigenvalue weighted by atomic mass is 10.1. The van der Waals surface area contributed by atoms with Crippen molar-refractivity contribution in [2.45, 2.75) is 19.3 Å². The van der Waals surface area contributed by atoms with Gasteiger partial charge < -0.3 is 10.6 Å². The van der Waals surface area contributed by atoms with E-state index < -0.39 is 0 Å². The van der Waals surface area contributed by atoms with Crippen LogP contribution in [0.15, 0.2) is 18.2 Å². The molecule has 0 radical (unpaired) electrons. The van der Waals surface area contributed by atoms with Crippen LogP contribution >= 0.6 is 0 Å². The summed E-state index contributed by atoms with van der Waals surface area (Å²) in [7, 11) is 0. The molecular weight excluding hydrogens is 222 g/mol. The summed E-state index contributed by atoms with van der Waals surface area (Å²) in [4.78, 5) is 4.98. The molecule has 1 aliphatic heterocycles. The van der Waals surface area contributed by atoms with Crippen molar-refractivity contribution >= 4 is 5.69 Å². The summed E-state index contributed by atoms with van der Waals surface area (Å²) >= 11 is 0. The first-order valence-corrected chi connectivity index (χ1v) is 7.16. The van der Waals surface area contributed by atoms with Crippen LogP contribution in [0.1, 0.15) is 17.5 Å². The first-order chi connectivity index (χ1) is 8.86. The third-order valence-electron chi connectivity index (χ3n) is 4.26. The van der Waals surface area contributed by atoms with Crippen molar-refractivity contribution in [2.24, 2.45) is 5.73 Å². The number of nitrogens with zero attached hydrogens (tertiary/aromatic N) is 2. The van der Waals surface area contributed by atoms with Gasteiger partial charge in [0.2, 0.25) is 0 Å². The van der Waals surface area contributed by atoms with Gasteiger partial charge in [-0.2, -0.15) is 0 Å². The van der Waals surface area contributed by atoms with Crippen molar-refractivity contribution in [3.63, 3.8) is 0 Å². The predicted molar refractivity (Wildman–Crippen MR) is 76.2 cm³/mol. The van der Waals surface area contributed by atoms with Crippen LogP contribution in [0.5, 0.6) is 0 Å². The SMILES string of the molecule is NCCN1CCN(c2ccc3c(c2)CCC3)CC1. The van der Waals surface area contributed by atoms with Gasteiger partial charge in [-0.25, -0.2) is 0 Å². The number of rotatable bonds is 3. The van der Waals surface area contributed by atoms with Crippen LogP contribution in [0.25, 0.3) is 0 Å². The third-order valence-corrected chi connectivity index (χ3v) is 4.26. The molecule has 0 atom stereocenters. The van der Waals surface area contributed by atoms with E-state index in [1.54, 1.807) is 11.1 Å². The molecule has 3 heteroatoms. The minimum atomic E-state index is 0.777. The molecule has 1 heterocycles. The number of hydrogen-bond acceptors (Lipinski definition) is 3. The lowest BCUT2D eigenvalue weighted by molar-refractivity contribution is 0.265. The van der Waals surface area contributed by atoms with Crippen LogP contribution in [0.3, 0.4) is 0 Å². The highest BCUT2D eigenvalue weighted by atomic mass is 15.3. The van der Waals surface area contributed by atoms with Crippen molar-refractivity contribution in [1.29, 1.82) is 0 Å². The zero-order valence-electron chi connectivity index (χ0n) is 11.1. The minimum Gasteiger partial charge on any atom is -0.369 e. The van der Waals surface area contributed by atoms with Gasteiger partial charge in [0.15, 0.2) is 0 Å². The van der Waals surface area contributed by atoms with Crippen molar-refractivity contribution in [3.05, 3.63) is 29.3 Å². The lowest BCUT2D eigenvalue weighted by Gasteiger charge is -2.36. The smallest absolute Gasteiger partial charge is 0.0370 e. The van der Waals surface area contributed by atoms with Gasteiger partial charge in [-0.15, -0.1) is 0 Å². The normalized spacial score (nSPS) is 20.2. The summed E-state index contributed by atoms with van der Waals surface area (Å²) in [5, 5.41) is 0. The fourth-order valence-electron chi connectivity index (χ4n) is 3.17. The topological polar surface area (TPSA) is 32.5 Å². The molecule has 1 aliphatic carbocycles. The van der Waals surface area contributed by atoms with E-state index in [1.807, 2.05) is 0 Å². The van der Waals surface area contributed by atoms with Crippen LogP contribution in [0.4, 0.5) is 5.69 Å². The number of fused-ring (bicyclic) bond motifs is 1. The van der Waals surface area contributed by atoms with Gasteiger partial charge in [0.25, 0.3) is 0 Å². The van der Waals surface area contributed by atoms with Crippen LogP contribution in [0.2, 0.25) is 0 Å². The molecule has 1 aromatic carbocycles. The fourth-order valence-corrected chi connectivity index (χ4v) is 3.17. The van der Waals surface area contributed by atoms with Gasteiger partial charge in [-0.1, -0.05) is 6.07 Å². The molecule has 2 N–H and O–H groups in total. The van der Waals surface area contributed by atoms with E-state index in [4.69, 9.17) is 5.73 Å². The Morgan fingerprint density at radius 1 is 1.00 bits per heavy atom. The highest BCUT2D eigenvalue weighted by Crippen LogP contribution is 2.27. The Labute approximate surface area is 110 Å². The molecule has 0 unspecified atom stereocenters. The maximum Gasteiger partial charge on any atom is 0.0370 e. The van der Waals surface area contributed by atoms with Crippen LogP contribution in [-0.4, -0.2) is 44.2 Å². The highest BCUT2D eigenvalue weighted by molar-refractivity contribution is 5.52. The second-order valence-corrected chi connectivity index (χ2v) is 5.42. The summed E-state index contributed by atoms with van der Waals surface area (Å²) in [6.07, 6.45) is 3.89. The van der Waals surface area contributed by atoms with Crippen molar-refractivity contribution in [1.82, 2.24) is 4.90 Å². The van der Waals surface area contributed by atoms with E-state index >= 15 is 0 Å². The van der Waals surface area contributed by atoms with Gasteiger partial charge in [0, 0.05) is 45.0 Å². The van der Waals surface area contributed by atoms with E-state index in [0.29, 0.717) is 0 Å². The molecule has 1 fully saturated rings. The monoisotopic (exact) mass is 245 g/mol. The van der Waals surface area contributed by atoms with Gasteiger partial charge in [0.05, 0.1) is 0 Å². The Hall–Kier alpha value is -1.06. The molecule has 0 saturated carbocycles. The second-order valence-electron chi connectivity index (χ2n) is 5.42. The summed E-state index contributed by atoms with van der Waals surface area (Å²) in [5.41, 5.74) is 10.2. The third kappa shape index (κ3) is 2.38. The molecule has 3 nitrogen and oxygen atoms in total. The average molecular weight is 245 g/mol. The average Bonchev–Trinajstić information content (AvgIpc) is 2.87. The quantitative estimate of drug-likeness (QED) is 0.870. The van der Waals surface area contributed by atoms with E-state index in [1.165, 1.54) is 24.9 Å². The summed E-state index contributed by atoms with van der Waals surface area (Å²) in [6.45, 7) is 6.39. The number of aryl methyl sites for hydroxylation is 2. The first kappa shape index (κ1) is 12.0. The van der Waals surface area contributed by atoms with Gasteiger partial charge in [0.1, 0.15) is 0 Å². The molecule has 98 valence electrons. The Morgan fingerprint density at radius 3 is 2.56 bits per heavy atom. The molecule has 3 rings (SSSR count). The molecule has 0 aromatic heterocycles. The van der Waals surface area contributed by atoms with Gasteiger partial charge >= 0.3 is 0 Å². The molecular formula is C15H23N3. The predicted octanol–water partition coefficient (Wildman–Crippen LogP) is 1.26. The number of hydrogen-bond donors (Lipinski definition) is 1. The first-order valence-electron chi connectivity index (χ1n) is 7.16. The Balaban J connectivity index is 1.66. The molecule has 0 amide bonds. The number of anilines is 1. The molecule has 2 aliphatic rings. The molecule has 1 aromatic rings. The van der Waals surface area contributed by atoms with Crippen molar-refractivity contribution < 1.29 is 0 Å². The van der Waals surface area contributed by atoms with Gasteiger partial charge in [-0.05, 0) is 42.5 Å². The zero-order chi connectivity index (χ0) is 12.4. The molecule has 1 saturated heterocycles. The summed E-state index contributed by atoms with van der Waals surface area (Å²) in [5.74, 6) is 0.